The molecule has 0 fully saturated rings. The highest BCUT2D eigenvalue weighted by molar-refractivity contribution is 7.93. The normalized spacial score (nSPS) is 12.2. The van der Waals surface area contributed by atoms with Gasteiger partial charge in [-0.15, -0.1) is 0 Å². The van der Waals surface area contributed by atoms with Crippen LogP contribution in [0.4, 0.5) is 5.82 Å². The molecular formula is C18H20N4O5S2. The summed E-state index contributed by atoms with van der Waals surface area (Å²) in [4.78, 5) is 11.3. The van der Waals surface area contributed by atoms with Crippen LogP contribution >= 0.6 is 0 Å². The van der Waals surface area contributed by atoms with Crippen LogP contribution in [0.2, 0.25) is 0 Å². The van der Waals surface area contributed by atoms with Crippen molar-refractivity contribution in [3.63, 3.8) is 0 Å². The summed E-state index contributed by atoms with van der Waals surface area (Å²) in [5.41, 5.74) is -0.288. The highest BCUT2D eigenvalue weighted by atomic mass is 32.2. The van der Waals surface area contributed by atoms with Crippen molar-refractivity contribution in [2.45, 2.75) is 16.2 Å². The van der Waals surface area contributed by atoms with Gasteiger partial charge in [0.1, 0.15) is 4.90 Å². The van der Waals surface area contributed by atoms with Crippen LogP contribution in [-0.4, -0.2) is 46.4 Å². The summed E-state index contributed by atoms with van der Waals surface area (Å²) in [6.07, 6.45) is 1.38. The average Bonchev–Trinajstić information content (AvgIpc) is 2.69. The number of sulfone groups is 1. The molecule has 0 saturated carbocycles. The smallest absolute Gasteiger partial charge is 0.272 e. The second-order valence-electron chi connectivity index (χ2n) is 6.34. The Balaban J connectivity index is 1.63. The van der Waals surface area contributed by atoms with Crippen LogP contribution in [0.5, 0.6) is 0 Å². The Kier molecular flexibility index (Phi) is 6.01. The molecule has 0 unspecified atom stereocenters. The molecule has 154 valence electrons. The van der Waals surface area contributed by atoms with Crippen LogP contribution in [0.3, 0.4) is 0 Å². The van der Waals surface area contributed by atoms with Gasteiger partial charge in [0.15, 0.2) is 15.7 Å². The first-order valence-electron chi connectivity index (χ1n) is 8.70. The van der Waals surface area contributed by atoms with E-state index in [-0.39, 0.29) is 21.9 Å². The van der Waals surface area contributed by atoms with Crippen LogP contribution in [0.15, 0.2) is 63.1 Å². The van der Waals surface area contributed by atoms with E-state index in [4.69, 9.17) is 0 Å². The molecule has 29 heavy (non-hydrogen) atoms. The molecule has 2 aromatic carbocycles. The predicted octanol–water partition coefficient (Wildman–Crippen LogP) is 1.11. The zero-order valence-corrected chi connectivity index (χ0v) is 17.2. The van der Waals surface area contributed by atoms with Gasteiger partial charge in [-0.2, -0.15) is 5.10 Å². The highest BCUT2D eigenvalue weighted by Crippen LogP contribution is 2.20. The van der Waals surface area contributed by atoms with Gasteiger partial charge in [0.2, 0.25) is 10.0 Å². The fourth-order valence-corrected chi connectivity index (χ4v) is 5.51. The number of hydrogen-bond acceptors (Lipinski definition) is 7. The van der Waals surface area contributed by atoms with Gasteiger partial charge in [-0.25, -0.2) is 26.7 Å². The monoisotopic (exact) mass is 436 g/mol. The zero-order valence-electron chi connectivity index (χ0n) is 15.5. The quantitative estimate of drug-likeness (QED) is 0.450. The number of fused-ring (bicyclic) bond motifs is 1. The van der Waals surface area contributed by atoms with Crippen molar-refractivity contribution in [1.82, 2.24) is 14.9 Å². The van der Waals surface area contributed by atoms with E-state index in [0.29, 0.717) is 29.6 Å². The summed E-state index contributed by atoms with van der Waals surface area (Å²) in [5.74, 6) is 0.491. The van der Waals surface area contributed by atoms with E-state index in [1.54, 1.807) is 24.3 Å². The molecule has 0 atom stereocenters. The number of anilines is 1. The lowest BCUT2D eigenvalue weighted by Crippen LogP contribution is -2.27. The molecule has 0 spiro atoms. The van der Waals surface area contributed by atoms with Crippen molar-refractivity contribution in [3.8, 4) is 0 Å². The summed E-state index contributed by atoms with van der Waals surface area (Å²) in [6, 6.07) is 12.5. The minimum atomic E-state index is -3.98. The molecule has 1 aromatic heterocycles. The maximum absolute atomic E-state index is 12.5. The summed E-state index contributed by atoms with van der Waals surface area (Å²) in [5, 5.41) is 10.6. The lowest BCUT2D eigenvalue weighted by molar-refractivity contribution is 0.573. The summed E-state index contributed by atoms with van der Waals surface area (Å²) in [7, 11) is -7.66. The van der Waals surface area contributed by atoms with Crippen LogP contribution in [0.1, 0.15) is 6.42 Å². The summed E-state index contributed by atoms with van der Waals surface area (Å²) >= 11 is 0. The summed E-state index contributed by atoms with van der Waals surface area (Å²) < 4.78 is 51.1. The molecule has 9 nitrogen and oxygen atoms in total. The van der Waals surface area contributed by atoms with Gasteiger partial charge >= 0.3 is 0 Å². The highest BCUT2D eigenvalue weighted by Gasteiger charge is 2.22. The molecule has 0 aliphatic heterocycles. The fourth-order valence-electron chi connectivity index (χ4n) is 2.81. The van der Waals surface area contributed by atoms with Crippen molar-refractivity contribution < 1.29 is 16.8 Å². The third kappa shape index (κ3) is 4.81. The second-order valence-corrected chi connectivity index (χ2v) is 10.1. The first kappa shape index (κ1) is 21.0. The van der Waals surface area contributed by atoms with Crippen molar-refractivity contribution in [1.29, 1.82) is 0 Å². The van der Waals surface area contributed by atoms with Gasteiger partial charge in [-0.3, -0.25) is 4.79 Å². The maximum atomic E-state index is 12.5. The van der Waals surface area contributed by atoms with E-state index < -0.39 is 19.9 Å². The van der Waals surface area contributed by atoms with E-state index in [1.165, 1.54) is 24.3 Å². The number of nitrogens with one attached hydrogen (secondary N) is 3. The number of hydrogen-bond donors (Lipinski definition) is 3. The number of rotatable bonds is 8. The standard InChI is InChI=1S/C18H20N4O5S2/c1-28(24,25)15-9-4-5-10-16(15)29(26,27)20-12-6-11-19-17-13-7-2-3-8-14(13)18(23)22-21-17/h2-5,7-10,20H,6,11-12H2,1H3,(H,19,21)(H,22,23). The lowest BCUT2D eigenvalue weighted by atomic mass is 10.2. The SMILES string of the molecule is CS(=O)(=O)c1ccccc1S(=O)(=O)NCCCNc1n[nH]c(=O)c2ccccc12. The first-order chi connectivity index (χ1) is 13.7. The molecule has 0 amide bonds. The van der Waals surface area contributed by atoms with Crippen molar-refractivity contribution >= 4 is 36.5 Å². The van der Waals surface area contributed by atoms with E-state index in [9.17, 15) is 21.6 Å². The molecule has 3 aromatic rings. The Labute approximate surface area is 168 Å². The van der Waals surface area contributed by atoms with E-state index >= 15 is 0 Å². The minimum Gasteiger partial charge on any atom is -0.368 e. The largest absolute Gasteiger partial charge is 0.368 e. The van der Waals surface area contributed by atoms with Crippen molar-refractivity contribution in [2.75, 3.05) is 24.7 Å². The Morgan fingerprint density at radius 3 is 2.21 bits per heavy atom. The molecule has 3 rings (SSSR count). The lowest BCUT2D eigenvalue weighted by Gasteiger charge is -2.11. The molecule has 0 saturated heterocycles. The van der Waals surface area contributed by atoms with Crippen LogP contribution < -0.4 is 15.6 Å². The third-order valence-electron chi connectivity index (χ3n) is 4.17. The number of aromatic amines is 1. The topological polar surface area (TPSA) is 138 Å². The van der Waals surface area contributed by atoms with E-state index in [2.05, 4.69) is 20.2 Å². The number of sulfonamides is 1. The van der Waals surface area contributed by atoms with Gasteiger partial charge in [0.05, 0.1) is 10.3 Å². The Morgan fingerprint density at radius 2 is 1.52 bits per heavy atom. The van der Waals surface area contributed by atoms with Gasteiger partial charge in [-0.05, 0) is 24.6 Å². The van der Waals surface area contributed by atoms with E-state index in [1.807, 2.05) is 0 Å². The number of aromatic nitrogens is 2. The molecule has 0 bridgehead atoms. The molecule has 11 heteroatoms. The summed E-state index contributed by atoms with van der Waals surface area (Å²) in [6.45, 7) is 0.480. The van der Waals surface area contributed by atoms with Gasteiger partial charge < -0.3 is 5.32 Å². The molecule has 0 aliphatic rings. The zero-order chi connectivity index (χ0) is 21.1. The van der Waals surface area contributed by atoms with Gasteiger partial charge in [0.25, 0.3) is 5.56 Å². The second kappa shape index (κ2) is 8.31. The predicted molar refractivity (Wildman–Crippen MR) is 110 cm³/mol. The average molecular weight is 437 g/mol. The third-order valence-corrected chi connectivity index (χ3v) is 6.98. The molecule has 0 radical (unpaired) electrons. The molecular weight excluding hydrogens is 416 g/mol. The molecule has 1 heterocycles. The van der Waals surface area contributed by atoms with Crippen molar-refractivity contribution in [2.24, 2.45) is 0 Å². The number of benzene rings is 2. The molecule has 0 aliphatic carbocycles. The minimum absolute atomic E-state index is 0.0920. The Bertz CT molecular complexity index is 1300. The van der Waals surface area contributed by atoms with Crippen molar-refractivity contribution in [3.05, 3.63) is 58.9 Å². The first-order valence-corrected chi connectivity index (χ1v) is 12.1. The Morgan fingerprint density at radius 1 is 0.897 bits per heavy atom. The maximum Gasteiger partial charge on any atom is 0.272 e. The van der Waals surface area contributed by atoms with Gasteiger partial charge in [-0.1, -0.05) is 30.3 Å². The van der Waals surface area contributed by atoms with Gasteiger partial charge in [0, 0.05) is 24.7 Å². The van der Waals surface area contributed by atoms with Crippen LogP contribution in [-0.2, 0) is 19.9 Å². The number of H-pyrrole nitrogens is 1. The fraction of sp³-hybridized carbons (Fsp3) is 0.222. The number of nitrogens with zero attached hydrogens (tertiary/aromatic N) is 1. The Hall–Kier alpha value is -2.76. The van der Waals surface area contributed by atoms with E-state index in [0.717, 1.165) is 6.26 Å². The van der Waals surface area contributed by atoms with Crippen LogP contribution in [0.25, 0.3) is 10.8 Å². The van der Waals surface area contributed by atoms with Crippen LogP contribution in [0, 0.1) is 0 Å². The molecule has 3 N–H and O–H groups in total.